The van der Waals surface area contributed by atoms with Crippen molar-refractivity contribution in [2.45, 2.75) is 16.8 Å². The van der Waals surface area contributed by atoms with Crippen molar-refractivity contribution in [3.63, 3.8) is 0 Å². The molecule has 0 amide bonds. The fraction of sp³-hybridized carbons (Fsp3) is 0.154. The van der Waals surface area contributed by atoms with E-state index >= 15 is 0 Å². The van der Waals surface area contributed by atoms with Crippen LogP contribution in [0.15, 0.2) is 45.9 Å². The van der Waals surface area contributed by atoms with E-state index in [1.54, 1.807) is 6.20 Å². The molecular formula is C13H10BrF3N2S. The minimum absolute atomic E-state index is 0.127. The molecule has 0 atom stereocenters. The highest BCUT2D eigenvalue weighted by Crippen LogP contribution is 2.35. The molecule has 0 aliphatic carbocycles. The third-order valence-corrected chi connectivity index (χ3v) is 4.09. The van der Waals surface area contributed by atoms with E-state index in [2.05, 4.69) is 20.9 Å². The van der Waals surface area contributed by atoms with E-state index in [9.17, 15) is 13.2 Å². The normalized spacial score (nSPS) is 11.6. The quantitative estimate of drug-likeness (QED) is 0.633. The molecule has 20 heavy (non-hydrogen) atoms. The predicted octanol–water partition coefficient (Wildman–Crippen LogP) is 4.74. The molecule has 7 heteroatoms. The monoisotopic (exact) mass is 362 g/mol. The number of anilines is 1. The maximum Gasteiger partial charge on any atom is 0.416 e. The molecule has 0 aliphatic heterocycles. The minimum atomic E-state index is -4.37. The largest absolute Gasteiger partial charge is 0.416 e. The van der Waals surface area contributed by atoms with Crippen molar-refractivity contribution in [2.24, 2.45) is 0 Å². The van der Waals surface area contributed by atoms with Crippen LogP contribution < -0.4 is 5.73 Å². The molecule has 0 spiro atoms. The first-order valence-electron chi connectivity index (χ1n) is 5.56. The second kappa shape index (κ2) is 6.05. The Hall–Kier alpha value is -1.21. The highest BCUT2D eigenvalue weighted by atomic mass is 79.9. The number of hydrogen-bond donors (Lipinski definition) is 1. The molecule has 0 radical (unpaired) electrons. The highest BCUT2D eigenvalue weighted by Gasteiger charge is 2.30. The van der Waals surface area contributed by atoms with Crippen LogP contribution in [0.5, 0.6) is 0 Å². The lowest BCUT2D eigenvalue weighted by Gasteiger charge is -2.10. The average molecular weight is 363 g/mol. The number of thioether (sulfide) groups is 1. The van der Waals surface area contributed by atoms with Crippen LogP contribution in [0.4, 0.5) is 18.9 Å². The van der Waals surface area contributed by atoms with E-state index in [0.29, 0.717) is 10.6 Å². The van der Waals surface area contributed by atoms with E-state index in [0.717, 1.165) is 22.3 Å². The maximum absolute atomic E-state index is 12.5. The Bertz CT molecular complexity index is 600. The summed E-state index contributed by atoms with van der Waals surface area (Å²) >= 11 is 4.64. The molecule has 0 fully saturated rings. The Labute approximate surface area is 126 Å². The summed E-state index contributed by atoms with van der Waals surface area (Å²) in [7, 11) is 0. The summed E-state index contributed by atoms with van der Waals surface area (Å²) in [4.78, 5) is 4.80. The van der Waals surface area contributed by atoms with Gasteiger partial charge in [0.05, 0.1) is 11.3 Å². The fourth-order valence-electron chi connectivity index (χ4n) is 1.50. The second-order valence-corrected chi connectivity index (χ2v) is 5.94. The van der Waals surface area contributed by atoms with Gasteiger partial charge in [0.15, 0.2) is 0 Å². The van der Waals surface area contributed by atoms with Gasteiger partial charge in [-0.05, 0) is 46.3 Å². The molecule has 2 aromatic rings. The number of nitrogens with two attached hydrogens (primary N) is 1. The van der Waals surface area contributed by atoms with Crippen LogP contribution in [0.1, 0.15) is 11.3 Å². The number of nitrogen functional groups attached to an aromatic ring is 1. The molecule has 0 unspecified atom stereocenters. The summed E-state index contributed by atoms with van der Waals surface area (Å²) in [6, 6.07) is 7.09. The summed E-state index contributed by atoms with van der Waals surface area (Å²) in [6.07, 6.45) is -2.70. The van der Waals surface area contributed by atoms with Crippen molar-refractivity contribution < 1.29 is 13.2 Å². The van der Waals surface area contributed by atoms with Gasteiger partial charge in [0.25, 0.3) is 0 Å². The van der Waals surface area contributed by atoms with Gasteiger partial charge in [0, 0.05) is 27.0 Å². The van der Waals surface area contributed by atoms with Crippen LogP contribution in [0.2, 0.25) is 0 Å². The maximum atomic E-state index is 12.5. The molecule has 0 bridgehead atoms. The highest BCUT2D eigenvalue weighted by molar-refractivity contribution is 9.10. The van der Waals surface area contributed by atoms with Crippen LogP contribution in [-0.2, 0) is 11.9 Å². The SMILES string of the molecule is Nc1cc(C(F)(F)F)ccc1SCc1ccc(Br)cn1. The number of aromatic nitrogens is 1. The summed E-state index contributed by atoms with van der Waals surface area (Å²) in [5, 5.41) is 0. The molecule has 1 heterocycles. The fourth-order valence-corrected chi connectivity index (χ4v) is 2.60. The van der Waals surface area contributed by atoms with Crippen LogP contribution in [0.25, 0.3) is 0 Å². The molecule has 0 saturated carbocycles. The third-order valence-electron chi connectivity index (χ3n) is 2.50. The topological polar surface area (TPSA) is 38.9 Å². The van der Waals surface area contributed by atoms with Crippen molar-refractivity contribution in [3.05, 3.63) is 52.3 Å². The number of pyridine rings is 1. The van der Waals surface area contributed by atoms with Crippen LogP contribution in [0, 0.1) is 0 Å². The van der Waals surface area contributed by atoms with Crippen molar-refractivity contribution in [2.75, 3.05) is 5.73 Å². The van der Waals surface area contributed by atoms with Crippen molar-refractivity contribution in [1.29, 1.82) is 0 Å². The van der Waals surface area contributed by atoms with E-state index < -0.39 is 11.7 Å². The van der Waals surface area contributed by atoms with Gasteiger partial charge < -0.3 is 5.73 Å². The Balaban J connectivity index is 2.08. The second-order valence-electron chi connectivity index (χ2n) is 4.01. The number of nitrogens with zero attached hydrogens (tertiary/aromatic N) is 1. The molecular weight excluding hydrogens is 353 g/mol. The zero-order valence-corrected chi connectivity index (χ0v) is 12.5. The van der Waals surface area contributed by atoms with Crippen molar-refractivity contribution >= 4 is 33.4 Å². The van der Waals surface area contributed by atoms with E-state index in [4.69, 9.17) is 5.73 Å². The summed E-state index contributed by atoms with van der Waals surface area (Å²) in [5.41, 5.74) is 5.88. The average Bonchev–Trinajstić information content (AvgIpc) is 2.38. The van der Waals surface area contributed by atoms with Gasteiger partial charge in [0.2, 0.25) is 0 Å². The molecule has 2 N–H and O–H groups in total. The van der Waals surface area contributed by atoms with Gasteiger partial charge in [-0.1, -0.05) is 0 Å². The molecule has 1 aromatic carbocycles. The van der Waals surface area contributed by atoms with Crippen LogP contribution >= 0.6 is 27.7 Å². The van der Waals surface area contributed by atoms with Gasteiger partial charge in [-0.15, -0.1) is 11.8 Å². The van der Waals surface area contributed by atoms with Gasteiger partial charge in [0.1, 0.15) is 0 Å². The first-order chi connectivity index (χ1) is 9.36. The third kappa shape index (κ3) is 3.89. The Morgan fingerprint density at radius 1 is 1.20 bits per heavy atom. The van der Waals surface area contributed by atoms with Crippen LogP contribution in [-0.4, -0.2) is 4.98 Å². The van der Waals surface area contributed by atoms with Crippen molar-refractivity contribution in [1.82, 2.24) is 4.98 Å². The van der Waals surface area contributed by atoms with Gasteiger partial charge in [-0.2, -0.15) is 13.2 Å². The summed E-state index contributed by atoms with van der Waals surface area (Å²) in [6.45, 7) is 0. The number of halogens is 4. The smallest absolute Gasteiger partial charge is 0.398 e. The summed E-state index contributed by atoms with van der Waals surface area (Å²) < 4.78 is 38.4. The first kappa shape index (κ1) is 15.2. The molecule has 1 aromatic heterocycles. The Morgan fingerprint density at radius 3 is 2.50 bits per heavy atom. The molecule has 2 rings (SSSR count). The number of hydrogen-bond acceptors (Lipinski definition) is 3. The Kier molecular flexibility index (Phi) is 4.59. The standard InChI is InChI=1S/C13H10BrF3N2S/c14-9-2-3-10(19-6-9)7-20-12-4-1-8(5-11(12)18)13(15,16)17/h1-6H,7,18H2. The Morgan fingerprint density at radius 2 is 1.95 bits per heavy atom. The summed E-state index contributed by atoms with van der Waals surface area (Å²) in [5.74, 6) is 0.544. The minimum Gasteiger partial charge on any atom is -0.398 e. The van der Waals surface area contributed by atoms with Gasteiger partial charge in [-0.3, -0.25) is 4.98 Å². The number of alkyl halides is 3. The van der Waals surface area contributed by atoms with Gasteiger partial charge >= 0.3 is 6.18 Å². The molecule has 106 valence electrons. The van der Waals surface area contributed by atoms with E-state index in [1.165, 1.54) is 17.8 Å². The molecule has 0 aliphatic rings. The molecule has 0 saturated heterocycles. The number of rotatable bonds is 3. The predicted molar refractivity (Wildman–Crippen MR) is 77.4 cm³/mol. The zero-order chi connectivity index (χ0) is 14.8. The van der Waals surface area contributed by atoms with E-state index in [1.807, 2.05) is 12.1 Å². The van der Waals surface area contributed by atoms with Crippen LogP contribution in [0.3, 0.4) is 0 Å². The lowest BCUT2D eigenvalue weighted by Crippen LogP contribution is -2.05. The zero-order valence-electron chi connectivity index (χ0n) is 10.1. The molecule has 2 nitrogen and oxygen atoms in total. The van der Waals surface area contributed by atoms with E-state index in [-0.39, 0.29) is 5.69 Å². The van der Waals surface area contributed by atoms with Crippen molar-refractivity contribution in [3.8, 4) is 0 Å². The first-order valence-corrected chi connectivity index (χ1v) is 7.34. The lowest BCUT2D eigenvalue weighted by atomic mass is 10.2. The lowest BCUT2D eigenvalue weighted by molar-refractivity contribution is -0.137. The number of benzene rings is 1. The van der Waals surface area contributed by atoms with Gasteiger partial charge in [-0.25, -0.2) is 0 Å².